The summed E-state index contributed by atoms with van der Waals surface area (Å²) in [4.78, 5) is 16.2. The van der Waals surface area contributed by atoms with Crippen LogP contribution in [0.2, 0.25) is 0 Å². The van der Waals surface area contributed by atoms with E-state index in [1.807, 2.05) is 42.2 Å². The Bertz CT molecular complexity index is 814. The van der Waals surface area contributed by atoms with Gasteiger partial charge in [0.05, 0.1) is 11.8 Å². The SMILES string of the molecule is Cc1cc(CC2CN(Cc3ccc(OCC(=O)N4CCCC4)cc3)CC2O)on1. The quantitative estimate of drug-likeness (QED) is 0.767. The summed E-state index contributed by atoms with van der Waals surface area (Å²) >= 11 is 0. The van der Waals surface area contributed by atoms with Gasteiger partial charge in [0.1, 0.15) is 11.5 Å². The number of benzene rings is 1. The summed E-state index contributed by atoms with van der Waals surface area (Å²) in [5.74, 6) is 1.76. The third-order valence-electron chi connectivity index (χ3n) is 5.77. The lowest BCUT2D eigenvalue weighted by molar-refractivity contribution is -0.132. The van der Waals surface area contributed by atoms with E-state index >= 15 is 0 Å². The van der Waals surface area contributed by atoms with Crippen molar-refractivity contribution < 1.29 is 19.2 Å². The smallest absolute Gasteiger partial charge is 0.260 e. The van der Waals surface area contributed by atoms with E-state index in [4.69, 9.17) is 9.26 Å². The molecule has 1 N–H and O–H groups in total. The molecule has 7 heteroatoms. The van der Waals surface area contributed by atoms with Crippen LogP contribution in [-0.2, 0) is 17.8 Å². The van der Waals surface area contributed by atoms with Gasteiger partial charge in [0.15, 0.2) is 6.61 Å². The molecule has 2 unspecified atom stereocenters. The van der Waals surface area contributed by atoms with Crippen molar-refractivity contribution in [1.29, 1.82) is 0 Å². The standard InChI is InChI=1S/C22H29N3O4/c1-16-10-20(29-23-16)11-18-13-24(14-21(18)26)12-17-4-6-19(7-5-17)28-15-22(27)25-8-2-3-9-25/h4-7,10,18,21,26H,2-3,8-9,11-15H2,1H3. The van der Waals surface area contributed by atoms with Crippen molar-refractivity contribution in [3.05, 3.63) is 47.3 Å². The molecule has 0 bridgehead atoms. The van der Waals surface area contributed by atoms with E-state index in [1.165, 1.54) is 0 Å². The molecular formula is C22H29N3O4. The molecule has 2 aliphatic rings. The highest BCUT2D eigenvalue weighted by Crippen LogP contribution is 2.24. The molecule has 0 spiro atoms. The second kappa shape index (κ2) is 8.97. The summed E-state index contributed by atoms with van der Waals surface area (Å²) < 4.78 is 10.9. The number of aryl methyl sites for hydroxylation is 1. The van der Waals surface area contributed by atoms with E-state index in [1.54, 1.807) is 0 Å². The summed E-state index contributed by atoms with van der Waals surface area (Å²) in [5, 5.41) is 14.3. The molecule has 7 nitrogen and oxygen atoms in total. The second-order valence-corrected chi connectivity index (χ2v) is 8.18. The van der Waals surface area contributed by atoms with Gasteiger partial charge in [0.2, 0.25) is 0 Å². The van der Waals surface area contributed by atoms with Gasteiger partial charge in [-0.2, -0.15) is 0 Å². The van der Waals surface area contributed by atoms with Gasteiger partial charge in [0, 0.05) is 51.1 Å². The Hall–Kier alpha value is -2.38. The lowest BCUT2D eigenvalue weighted by Crippen LogP contribution is -2.32. The van der Waals surface area contributed by atoms with Crippen LogP contribution in [0.25, 0.3) is 0 Å². The van der Waals surface area contributed by atoms with Gasteiger partial charge in [0.25, 0.3) is 5.91 Å². The van der Waals surface area contributed by atoms with Gasteiger partial charge in [-0.3, -0.25) is 9.69 Å². The number of hydrogen-bond acceptors (Lipinski definition) is 6. The molecular weight excluding hydrogens is 370 g/mol. The highest BCUT2D eigenvalue weighted by Gasteiger charge is 2.32. The number of amides is 1. The molecule has 0 saturated carbocycles. The van der Waals surface area contributed by atoms with Crippen molar-refractivity contribution in [2.24, 2.45) is 5.92 Å². The fourth-order valence-electron chi connectivity index (χ4n) is 4.19. The molecule has 1 aromatic carbocycles. The molecule has 2 fully saturated rings. The van der Waals surface area contributed by atoms with Crippen LogP contribution in [0.5, 0.6) is 5.75 Å². The molecule has 0 radical (unpaired) electrons. The number of aliphatic hydroxyl groups is 1. The molecule has 1 amide bonds. The molecule has 0 aliphatic carbocycles. The third kappa shape index (κ3) is 5.16. The summed E-state index contributed by atoms with van der Waals surface area (Å²) in [5.41, 5.74) is 2.03. The van der Waals surface area contributed by atoms with Crippen molar-refractivity contribution in [2.75, 3.05) is 32.8 Å². The maximum Gasteiger partial charge on any atom is 0.260 e. The molecule has 1 aromatic heterocycles. The van der Waals surface area contributed by atoms with Gasteiger partial charge in [-0.25, -0.2) is 0 Å². The Labute approximate surface area is 171 Å². The van der Waals surface area contributed by atoms with Crippen molar-refractivity contribution in [3.63, 3.8) is 0 Å². The topological polar surface area (TPSA) is 79.0 Å². The number of aromatic nitrogens is 1. The zero-order valence-corrected chi connectivity index (χ0v) is 16.9. The van der Waals surface area contributed by atoms with E-state index in [-0.39, 0.29) is 24.5 Å². The summed E-state index contributed by atoms with van der Waals surface area (Å²) in [7, 11) is 0. The minimum atomic E-state index is -0.361. The van der Waals surface area contributed by atoms with Gasteiger partial charge in [-0.05, 0) is 37.5 Å². The normalized spacial score (nSPS) is 22.3. The second-order valence-electron chi connectivity index (χ2n) is 8.18. The lowest BCUT2D eigenvalue weighted by atomic mass is 10.0. The van der Waals surface area contributed by atoms with E-state index in [2.05, 4.69) is 10.1 Å². The number of aliphatic hydroxyl groups excluding tert-OH is 1. The van der Waals surface area contributed by atoms with Gasteiger partial charge in [-0.15, -0.1) is 0 Å². The first-order valence-electron chi connectivity index (χ1n) is 10.4. The van der Waals surface area contributed by atoms with Crippen LogP contribution in [0.1, 0.15) is 29.9 Å². The minimum absolute atomic E-state index is 0.0608. The summed E-state index contributed by atoms with van der Waals surface area (Å²) in [6.07, 6.45) is 2.52. The number of β-amino-alcohol motifs (C(OH)–C–C–N with tert-alkyl or cyclic N) is 1. The predicted octanol–water partition coefficient (Wildman–Crippen LogP) is 2.02. The Morgan fingerprint density at radius 1 is 1.24 bits per heavy atom. The summed E-state index contributed by atoms with van der Waals surface area (Å²) in [6, 6.07) is 9.80. The third-order valence-corrected chi connectivity index (χ3v) is 5.77. The molecule has 2 aromatic rings. The molecule has 29 heavy (non-hydrogen) atoms. The number of carbonyl (C=O) groups is 1. The predicted molar refractivity (Wildman–Crippen MR) is 107 cm³/mol. The maximum atomic E-state index is 12.1. The average molecular weight is 399 g/mol. The Morgan fingerprint density at radius 3 is 2.69 bits per heavy atom. The molecule has 2 atom stereocenters. The van der Waals surface area contributed by atoms with Gasteiger partial charge in [-0.1, -0.05) is 17.3 Å². The van der Waals surface area contributed by atoms with Crippen molar-refractivity contribution in [3.8, 4) is 5.75 Å². The van der Waals surface area contributed by atoms with Crippen molar-refractivity contribution in [2.45, 2.75) is 38.8 Å². The highest BCUT2D eigenvalue weighted by atomic mass is 16.5. The van der Waals surface area contributed by atoms with Crippen LogP contribution in [0.15, 0.2) is 34.9 Å². The Kier molecular flexibility index (Phi) is 6.16. The molecule has 156 valence electrons. The zero-order chi connectivity index (χ0) is 20.2. The highest BCUT2D eigenvalue weighted by molar-refractivity contribution is 5.78. The zero-order valence-electron chi connectivity index (χ0n) is 16.9. The van der Waals surface area contributed by atoms with Crippen molar-refractivity contribution >= 4 is 5.91 Å². The fourth-order valence-corrected chi connectivity index (χ4v) is 4.19. The van der Waals surface area contributed by atoms with E-state index in [9.17, 15) is 9.90 Å². The average Bonchev–Trinajstić information content (AvgIpc) is 3.44. The number of nitrogens with zero attached hydrogens (tertiary/aromatic N) is 3. The van der Waals surface area contributed by atoms with Crippen LogP contribution in [0, 0.1) is 12.8 Å². The monoisotopic (exact) mass is 399 g/mol. The number of rotatable bonds is 7. The molecule has 4 rings (SSSR count). The first kappa shape index (κ1) is 19.9. The molecule has 2 aliphatic heterocycles. The van der Waals surface area contributed by atoms with Gasteiger partial charge < -0.3 is 19.3 Å². The van der Waals surface area contributed by atoms with Crippen LogP contribution in [0.4, 0.5) is 0 Å². The Morgan fingerprint density at radius 2 is 2.00 bits per heavy atom. The van der Waals surface area contributed by atoms with Crippen molar-refractivity contribution in [1.82, 2.24) is 15.0 Å². The fraction of sp³-hybridized carbons (Fsp3) is 0.545. The van der Waals surface area contributed by atoms with Crippen LogP contribution < -0.4 is 4.74 Å². The van der Waals surface area contributed by atoms with E-state index in [0.717, 1.165) is 56.0 Å². The van der Waals surface area contributed by atoms with Crippen LogP contribution >= 0.6 is 0 Å². The molecule has 3 heterocycles. The van der Waals surface area contributed by atoms with Gasteiger partial charge >= 0.3 is 0 Å². The van der Waals surface area contributed by atoms with E-state index < -0.39 is 0 Å². The first-order valence-corrected chi connectivity index (χ1v) is 10.4. The largest absolute Gasteiger partial charge is 0.484 e. The Balaban J connectivity index is 1.24. The van der Waals surface area contributed by atoms with E-state index in [0.29, 0.717) is 18.7 Å². The van der Waals surface area contributed by atoms with Crippen LogP contribution in [-0.4, -0.2) is 64.9 Å². The lowest BCUT2D eigenvalue weighted by Gasteiger charge is -2.17. The maximum absolute atomic E-state index is 12.1. The summed E-state index contributed by atoms with van der Waals surface area (Å²) in [6.45, 7) is 5.94. The number of hydrogen-bond donors (Lipinski definition) is 1. The number of carbonyl (C=O) groups excluding carboxylic acids is 1. The number of likely N-dealkylation sites (tertiary alicyclic amines) is 2. The molecule has 2 saturated heterocycles. The number of ether oxygens (including phenoxy) is 1. The first-order chi connectivity index (χ1) is 14.1. The van der Waals surface area contributed by atoms with Crippen LogP contribution in [0.3, 0.4) is 0 Å². The minimum Gasteiger partial charge on any atom is -0.484 e.